The number of nitrogens with one attached hydrogen (secondary N) is 3. The zero-order valence-corrected chi connectivity index (χ0v) is 25.2. The van der Waals surface area contributed by atoms with E-state index in [1.165, 1.54) is 17.1 Å². The van der Waals surface area contributed by atoms with E-state index in [-0.39, 0.29) is 19.4 Å². The summed E-state index contributed by atoms with van der Waals surface area (Å²) in [6, 6.07) is -2.38. The number of rotatable bonds is 12. The van der Waals surface area contributed by atoms with Crippen molar-refractivity contribution in [2.45, 2.75) is 88.3 Å². The van der Waals surface area contributed by atoms with Gasteiger partial charge in [0.25, 0.3) is 5.91 Å². The molecule has 2 saturated carbocycles. The number of carbonyl (C=O) groups is 5. The summed E-state index contributed by atoms with van der Waals surface area (Å²) < 4.78 is 37.3. The number of ether oxygens (including phenoxy) is 2. The fraction of sp³-hybridized carbons (Fsp3) is 0.607. The Morgan fingerprint density at radius 2 is 1.81 bits per heavy atom. The molecule has 1 heterocycles. The summed E-state index contributed by atoms with van der Waals surface area (Å²) in [5, 5.41) is 4.47. The van der Waals surface area contributed by atoms with E-state index in [1.54, 1.807) is 39.8 Å². The minimum Gasteiger partial charge on any atom is -0.460 e. The lowest BCUT2D eigenvalue weighted by Crippen LogP contribution is -2.59. The largest absolute Gasteiger partial charge is 0.460 e. The molecule has 3 fully saturated rings. The molecule has 0 aromatic rings. The monoisotopic (exact) mass is 608 g/mol. The van der Waals surface area contributed by atoms with Gasteiger partial charge in [-0.2, -0.15) is 0 Å². The van der Waals surface area contributed by atoms with Gasteiger partial charge in [-0.25, -0.2) is 18.0 Å². The molecule has 0 unspecified atom stereocenters. The zero-order valence-electron chi connectivity index (χ0n) is 24.4. The summed E-state index contributed by atoms with van der Waals surface area (Å²) in [6.45, 7) is 10.0. The zero-order chi connectivity index (χ0) is 31.3. The van der Waals surface area contributed by atoms with Crippen LogP contribution in [0.3, 0.4) is 0 Å². The molecule has 1 saturated heterocycles. The van der Waals surface area contributed by atoms with Crippen molar-refractivity contribution in [3.63, 3.8) is 0 Å². The van der Waals surface area contributed by atoms with Crippen molar-refractivity contribution in [3.05, 3.63) is 37.0 Å². The molecule has 0 aromatic carbocycles. The first kappa shape index (κ1) is 32.8. The molecule has 0 radical (unpaired) electrons. The Hall–Kier alpha value is -3.68. The van der Waals surface area contributed by atoms with Crippen molar-refractivity contribution in [1.82, 2.24) is 20.3 Å². The van der Waals surface area contributed by atoms with Crippen molar-refractivity contribution < 1.29 is 41.9 Å². The van der Waals surface area contributed by atoms with Crippen molar-refractivity contribution in [2.24, 2.45) is 5.92 Å². The minimum atomic E-state index is -3.85. The smallest absolute Gasteiger partial charge is 0.408 e. The molecular formula is C28H40N4O9S. The fourth-order valence-electron chi connectivity index (χ4n) is 4.61. The Morgan fingerprint density at radius 1 is 1.12 bits per heavy atom. The van der Waals surface area contributed by atoms with Crippen LogP contribution in [0.25, 0.3) is 0 Å². The van der Waals surface area contributed by atoms with E-state index in [0.717, 1.165) is 6.08 Å². The molecule has 4 amide bonds. The summed E-state index contributed by atoms with van der Waals surface area (Å²) >= 11 is 0. The maximum Gasteiger partial charge on any atom is 0.408 e. The minimum absolute atomic E-state index is 0.161. The number of nitrogens with zero attached hydrogens (tertiary/aromatic N) is 1. The quantitative estimate of drug-likeness (QED) is 0.127. The number of hydrogen-bond acceptors (Lipinski definition) is 9. The van der Waals surface area contributed by atoms with Crippen LogP contribution >= 0.6 is 0 Å². The Bertz CT molecular complexity index is 1270. The molecule has 232 valence electrons. The lowest BCUT2D eigenvalue weighted by Gasteiger charge is -2.30. The van der Waals surface area contributed by atoms with Crippen LogP contribution in [0.5, 0.6) is 0 Å². The fourth-order valence-corrected chi connectivity index (χ4v) is 5.97. The molecule has 2 aliphatic carbocycles. The third-order valence-corrected chi connectivity index (χ3v) is 8.82. The second-order valence-corrected chi connectivity index (χ2v) is 13.5. The summed E-state index contributed by atoms with van der Waals surface area (Å²) in [5.41, 5.74) is -2.37. The van der Waals surface area contributed by atoms with E-state index >= 15 is 0 Å². The average Bonchev–Trinajstić information content (AvgIpc) is 3.81. The number of allylic oxidation sites excluding steroid dienone is 3. The van der Waals surface area contributed by atoms with Gasteiger partial charge in [0.05, 0.1) is 5.25 Å². The number of likely N-dealkylation sites (tertiary alicyclic amines) is 1. The molecule has 0 bridgehead atoms. The molecule has 0 spiro atoms. The molecule has 0 aromatic heterocycles. The molecular weight excluding hydrogens is 568 g/mol. The molecule has 4 atom stereocenters. The van der Waals surface area contributed by atoms with Crippen LogP contribution in [0.15, 0.2) is 37.0 Å². The van der Waals surface area contributed by atoms with Crippen LogP contribution in [-0.4, -0.2) is 84.7 Å². The number of carbonyl (C=O) groups excluding carboxylic acids is 5. The van der Waals surface area contributed by atoms with E-state index in [4.69, 9.17) is 9.47 Å². The highest BCUT2D eigenvalue weighted by Crippen LogP contribution is 2.45. The molecule has 42 heavy (non-hydrogen) atoms. The second-order valence-electron chi connectivity index (χ2n) is 11.6. The first-order valence-electron chi connectivity index (χ1n) is 13.9. The Labute approximate surface area is 246 Å². The van der Waals surface area contributed by atoms with Gasteiger partial charge in [-0.15, -0.1) is 6.58 Å². The Balaban J connectivity index is 1.74. The first-order chi connectivity index (χ1) is 19.6. The summed E-state index contributed by atoms with van der Waals surface area (Å²) in [4.78, 5) is 66.0. The van der Waals surface area contributed by atoms with Gasteiger partial charge >= 0.3 is 12.1 Å². The van der Waals surface area contributed by atoms with E-state index in [2.05, 4.69) is 21.9 Å². The van der Waals surface area contributed by atoms with Gasteiger partial charge in [0.1, 0.15) is 29.8 Å². The lowest BCUT2D eigenvalue weighted by molar-refractivity contribution is -0.145. The van der Waals surface area contributed by atoms with Crippen molar-refractivity contribution in [2.75, 3.05) is 13.2 Å². The van der Waals surface area contributed by atoms with Gasteiger partial charge < -0.3 is 25.0 Å². The maximum atomic E-state index is 13.6. The van der Waals surface area contributed by atoms with Gasteiger partial charge in [-0.3, -0.25) is 19.1 Å². The van der Waals surface area contributed by atoms with E-state index in [9.17, 15) is 32.4 Å². The third-order valence-electron chi connectivity index (χ3n) is 7.00. The molecule has 1 aliphatic heterocycles. The summed E-state index contributed by atoms with van der Waals surface area (Å²) in [6.07, 6.45) is 8.29. The lowest BCUT2D eigenvalue weighted by atomic mass is 10.1. The predicted octanol–water partition coefficient (Wildman–Crippen LogP) is 1.22. The standard InChI is InChI=1S/C28H40N4O9S/c1-6-8-9-12-22(33)40-17-20(29-26(37)41-27(3,4)5)24(35)32-15-10-11-21(32)23(34)30-28(16-18(28)7-2)25(36)31-42(38,39)19-13-14-19/h6-9,12,18-21H,2,10-11,13-17H2,1,3-5H3,(H,29,37)(H,30,34)(H,31,36)/t18-,20+,21+,28-/m1/s1. The average molecular weight is 609 g/mol. The first-order valence-corrected chi connectivity index (χ1v) is 15.4. The Kier molecular flexibility index (Phi) is 10.2. The van der Waals surface area contributed by atoms with Crippen LogP contribution in [-0.2, 0) is 38.7 Å². The molecule has 3 aliphatic rings. The summed E-state index contributed by atoms with van der Waals surface area (Å²) in [5.74, 6) is -3.41. The van der Waals surface area contributed by atoms with Gasteiger partial charge in [0, 0.05) is 18.5 Å². The van der Waals surface area contributed by atoms with Crippen molar-refractivity contribution in [1.29, 1.82) is 0 Å². The topological polar surface area (TPSA) is 177 Å². The highest BCUT2D eigenvalue weighted by Gasteiger charge is 2.61. The number of alkyl carbamates (subject to hydrolysis) is 1. The van der Waals surface area contributed by atoms with Gasteiger partial charge in [-0.1, -0.05) is 24.3 Å². The van der Waals surface area contributed by atoms with Gasteiger partial charge in [0.2, 0.25) is 21.8 Å². The molecule has 3 N–H and O–H groups in total. The molecule has 3 rings (SSSR count). The third kappa shape index (κ3) is 8.43. The van der Waals surface area contributed by atoms with Crippen LogP contribution in [0, 0.1) is 5.92 Å². The normalized spacial score (nSPS) is 24.6. The SMILES string of the molecule is C=C[C@@H]1C[C@]1(NC(=O)[C@@H]1CCCN1C(=O)[C@H](COC(=O)C=CC=CC)NC(=O)OC(C)(C)C)C(=O)NS(=O)(=O)C1CC1. The predicted molar refractivity (Wildman–Crippen MR) is 152 cm³/mol. The van der Waals surface area contributed by atoms with E-state index in [0.29, 0.717) is 19.3 Å². The molecule has 13 nitrogen and oxygen atoms in total. The van der Waals surface area contributed by atoms with Crippen LogP contribution in [0.2, 0.25) is 0 Å². The second kappa shape index (κ2) is 13.1. The number of amides is 4. The van der Waals surface area contributed by atoms with Gasteiger partial charge in [0.15, 0.2) is 0 Å². The molecule has 14 heteroatoms. The van der Waals surface area contributed by atoms with Crippen LogP contribution in [0.1, 0.15) is 59.8 Å². The number of hydrogen-bond donors (Lipinski definition) is 3. The highest BCUT2D eigenvalue weighted by atomic mass is 32.2. The van der Waals surface area contributed by atoms with Crippen LogP contribution in [0.4, 0.5) is 4.79 Å². The maximum absolute atomic E-state index is 13.6. The Morgan fingerprint density at radius 3 is 2.38 bits per heavy atom. The number of esters is 1. The summed E-state index contributed by atoms with van der Waals surface area (Å²) in [7, 11) is -3.85. The van der Waals surface area contributed by atoms with Crippen molar-refractivity contribution in [3.8, 4) is 0 Å². The van der Waals surface area contributed by atoms with E-state index in [1.807, 2.05) is 0 Å². The number of sulfonamides is 1. The highest BCUT2D eigenvalue weighted by molar-refractivity contribution is 7.91. The van der Waals surface area contributed by atoms with E-state index < -0.39 is 80.8 Å². The van der Waals surface area contributed by atoms with Crippen LogP contribution < -0.4 is 15.4 Å². The van der Waals surface area contributed by atoms with Crippen molar-refractivity contribution >= 4 is 39.8 Å². The van der Waals surface area contributed by atoms with Gasteiger partial charge in [-0.05, 0) is 59.8 Å².